The van der Waals surface area contributed by atoms with Crippen LogP contribution in [0.5, 0.6) is 0 Å². The van der Waals surface area contributed by atoms with E-state index in [4.69, 9.17) is 22.8 Å². The summed E-state index contributed by atoms with van der Waals surface area (Å²) in [6, 6.07) is 9.99. The number of pyridine rings is 2. The Morgan fingerprint density at radius 2 is 1.42 bits per heavy atom. The fourth-order valence-corrected chi connectivity index (χ4v) is 3.37. The predicted molar refractivity (Wildman–Crippen MR) is 134 cm³/mol. The topological polar surface area (TPSA) is 30.2 Å². The highest BCUT2D eigenvalue weighted by molar-refractivity contribution is 5.97. The smallest absolute Gasteiger partial charge is 0.147 e. The molecule has 4 aromatic rings. The predicted octanol–water partition coefficient (Wildman–Crippen LogP) is 4.31. The summed E-state index contributed by atoms with van der Waals surface area (Å²) in [6.07, 6.45) is 12.3. The largest absolute Gasteiger partial charge is 0.299 e. The quantitative estimate of drug-likeness (QED) is 0.398. The summed E-state index contributed by atoms with van der Waals surface area (Å²) in [7, 11) is 0. The molecule has 3 heteroatoms. The van der Waals surface area contributed by atoms with Crippen LogP contribution in [-0.4, -0.2) is 14.4 Å². The van der Waals surface area contributed by atoms with Gasteiger partial charge in [-0.25, -0.2) is 4.98 Å². The second kappa shape index (κ2) is 8.59. The molecule has 33 heavy (non-hydrogen) atoms. The van der Waals surface area contributed by atoms with E-state index < -0.39 is 0 Å². The van der Waals surface area contributed by atoms with Crippen LogP contribution in [0.1, 0.15) is 37.6 Å². The van der Waals surface area contributed by atoms with E-state index in [0.29, 0.717) is 11.1 Å². The number of rotatable bonds is 0. The first-order valence-electron chi connectivity index (χ1n) is 10.1. The molecule has 152 valence electrons. The Morgan fingerprint density at radius 1 is 0.758 bits per heavy atom. The molecule has 0 unspecified atom stereocenters. The molecule has 0 spiro atoms. The fraction of sp³-hybridized carbons (Fsp3) is 0.133. The summed E-state index contributed by atoms with van der Waals surface area (Å²) in [5, 5.41) is 0.974. The van der Waals surface area contributed by atoms with Crippen molar-refractivity contribution in [3.63, 3.8) is 0 Å². The van der Waals surface area contributed by atoms with Crippen molar-refractivity contribution in [2.75, 3.05) is 0 Å². The zero-order chi connectivity index (χ0) is 23.4. The fourth-order valence-electron chi connectivity index (χ4n) is 3.37. The van der Waals surface area contributed by atoms with Gasteiger partial charge in [0.2, 0.25) is 0 Å². The molecular formula is C30H17N3. The maximum Gasteiger partial charge on any atom is 0.147 e. The molecule has 0 fully saturated rings. The molecule has 0 atom stereocenters. The highest BCUT2D eigenvalue weighted by Crippen LogP contribution is 2.28. The highest BCUT2D eigenvalue weighted by atomic mass is 15.0. The normalized spacial score (nSPS) is 9.85. The molecule has 0 saturated heterocycles. The Balaban J connectivity index is 1.98. The molecule has 0 aliphatic heterocycles. The molecule has 0 amide bonds. The third-order valence-electron chi connectivity index (χ3n) is 4.93. The first-order valence-corrected chi connectivity index (χ1v) is 10.1. The Labute approximate surface area is 193 Å². The lowest BCUT2D eigenvalue weighted by molar-refractivity contribution is 0.571. The van der Waals surface area contributed by atoms with Gasteiger partial charge < -0.3 is 0 Å². The second-order valence-electron chi connectivity index (χ2n) is 8.18. The van der Waals surface area contributed by atoms with Crippen molar-refractivity contribution in [1.29, 1.82) is 0 Å². The van der Waals surface area contributed by atoms with E-state index in [2.05, 4.69) is 92.1 Å². The van der Waals surface area contributed by atoms with Gasteiger partial charge in [0.1, 0.15) is 5.65 Å². The average Bonchev–Trinajstić information content (AvgIpc) is 3.16. The first kappa shape index (κ1) is 21.2. The Morgan fingerprint density at radius 3 is 2.06 bits per heavy atom. The van der Waals surface area contributed by atoms with Crippen LogP contribution in [0, 0.1) is 72.1 Å². The van der Waals surface area contributed by atoms with Gasteiger partial charge in [0.05, 0.1) is 16.6 Å². The minimum Gasteiger partial charge on any atom is -0.299 e. The van der Waals surface area contributed by atoms with E-state index in [1.807, 2.05) is 28.8 Å². The van der Waals surface area contributed by atoms with Crippen LogP contribution in [0.4, 0.5) is 0 Å². The Bertz CT molecular complexity index is 1780. The number of benzene rings is 1. The van der Waals surface area contributed by atoms with Crippen molar-refractivity contribution in [2.24, 2.45) is 0 Å². The van der Waals surface area contributed by atoms with Crippen LogP contribution in [-0.2, 0) is 5.41 Å². The van der Waals surface area contributed by atoms with Gasteiger partial charge in [0.25, 0.3) is 0 Å². The highest BCUT2D eigenvalue weighted by Gasteiger charge is 2.17. The summed E-state index contributed by atoms with van der Waals surface area (Å²) >= 11 is 0. The van der Waals surface area contributed by atoms with E-state index in [9.17, 15) is 0 Å². The van der Waals surface area contributed by atoms with E-state index >= 15 is 0 Å². The first-order chi connectivity index (χ1) is 15.9. The third-order valence-corrected chi connectivity index (χ3v) is 4.93. The van der Waals surface area contributed by atoms with Crippen molar-refractivity contribution in [2.45, 2.75) is 26.2 Å². The monoisotopic (exact) mass is 419 g/mol. The molecule has 0 aliphatic carbocycles. The molecule has 0 bridgehead atoms. The van der Waals surface area contributed by atoms with Gasteiger partial charge in [0.15, 0.2) is 0 Å². The maximum absolute atomic E-state index is 5.17. The molecule has 0 N–H and O–H groups in total. The van der Waals surface area contributed by atoms with Crippen LogP contribution in [0.15, 0.2) is 36.5 Å². The summed E-state index contributed by atoms with van der Waals surface area (Å²) < 4.78 is 2.03. The second-order valence-corrected chi connectivity index (χ2v) is 8.18. The minimum absolute atomic E-state index is 0.0355. The summed E-state index contributed by atoms with van der Waals surface area (Å²) in [4.78, 5) is 9.73. The zero-order valence-electron chi connectivity index (χ0n) is 18.5. The van der Waals surface area contributed by atoms with Gasteiger partial charge >= 0.3 is 0 Å². The summed E-state index contributed by atoms with van der Waals surface area (Å²) in [5.74, 6) is 26.3. The van der Waals surface area contributed by atoms with Gasteiger partial charge in [-0.15, -0.1) is 12.8 Å². The third kappa shape index (κ3) is 4.23. The van der Waals surface area contributed by atoms with Crippen LogP contribution < -0.4 is 0 Å². The Hall–Kier alpha value is -5.06. The summed E-state index contributed by atoms with van der Waals surface area (Å²) in [6.45, 7) is 6.45. The number of fused-ring (bicyclic) bond motifs is 5. The molecule has 0 radical (unpaired) electrons. The van der Waals surface area contributed by atoms with Gasteiger partial charge in [-0.1, -0.05) is 32.6 Å². The molecule has 1 aromatic carbocycles. The van der Waals surface area contributed by atoms with Crippen molar-refractivity contribution >= 4 is 27.6 Å². The minimum atomic E-state index is -0.0355. The summed E-state index contributed by atoms with van der Waals surface area (Å²) in [5.41, 5.74) is 5.80. The van der Waals surface area contributed by atoms with Gasteiger partial charge in [0, 0.05) is 33.8 Å². The van der Waals surface area contributed by atoms with Gasteiger partial charge in [-0.2, -0.15) is 0 Å². The number of imidazole rings is 1. The van der Waals surface area contributed by atoms with Crippen LogP contribution in [0.2, 0.25) is 0 Å². The number of hydrogen-bond acceptors (Lipinski definition) is 2. The zero-order valence-corrected chi connectivity index (χ0v) is 18.5. The average molecular weight is 419 g/mol. The number of aromatic nitrogens is 3. The molecule has 3 nitrogen and oxygen atoms in total. The lowest BCUT2D eigenvalue weighted by Gasteiger charge is -2.18. The molecule has 3 aromatic heterocycles. The molecule has 0 aliphatic rings. The van der Waals surface area contributed by atoms with E-state index in [1.54, 1.807) is 0 Å². The number of terminal acetylenes is 2. The van der Waals surface area contributed by atoms with E-state index in [1.165, 1.54) is 0 Å². The van der Waals surface area contributed by atoms with Crippen LogP contribution in [0.3, 0.4) is 0 Å². The van der Waals surface area contributed by atoms with Gasteiger partial charge in [-0.3, -0.25) is 9.38 Å². The number of nitrogens with zero attached hydrogens (tertiary/aromatic N) is 3. The Kier molecular flexibility index (Phi) is 5.51. The number of hydrogen-bond donors (Lipinski definition) is 0. The van der Waals surface area contributed by atoms with Crippen molar-refractivity contribution < 1.29 is 0 Å². The maximum atomic E-state index is 5.17. The molecular weight excluding hydrogens is 402 g/mol. The standard InChI is InChI=1S/C30H17N3/c1-6-8-10-12-14-22-20-26-27(21-23(22)15-13-11-9-7-2)33-19-18-25-24(29(33)32-26)16-17-28(31-25)30(3,4)5/h1-2,16-21H,3-5H3. The van der Waals surface area contributed by atoms with Crippen molar-refractivity contribution in [3.05, 3.63) is 53.3 Å². The van der Waals surface area contributed by atoms with Crippen LogP contribution in [0.25, 0.3) is 27.6 Å². The van der Waals surface area contributed by atoms with E-state index in [-0.39, 0.29) is 5.41 Å². The van der Waals surface area contributed by atoms with E-state index in [0.717, 1.165) is 33.3 Å². The molecule has 0 saturated carbocycles. The lowest BCUT2D eigenvalue weighted by Crippen LogP contribution is -2.13. The molecule has 3 heterocycles. The SMILES string of the molecule is C#CC#CC#Cc1cc2nc3c4ccc(C(C)(C)C)nc4ccn3c2cc1C#CC#CC#C. The van der Waals surface area contributed by atoms with Crippen LogP contribution >= 0.6 is 0 Å². The molecule has 4 rings (SSSR count). The lowest BCUT2D eigenvalue weighted by atomic mass is 9.91. The van der Waals surface area contributed by atoms with Crippen molar-refractivity contribution in [3.8, 4) is 72.1 Å². The van der Waals surface area contributed by atoms with Gasteiger partial charge in [-0.05, 0) is 77.7 Å². The van der Waals surface area contributed by atoms with Crippen molar-refractivity contribution in [1.82, 2.24) is 14.4 Å².